The summed E-state index contributed by atoms with van der Waals surface area (Å²) >= 11 is 1.71. The van der Waals surface area contributed by atoms with Crippen molar-refractivity contribution in [3.8, 4) is 11.5 Å². The first-order valence-electron chi connectivity index (χ1n) is 10.5. The number of hydrogen-bond donors (Lipinski definition) is 1. The van der Waals surface area contributed by atoms with Crippen LogP contribution in [0.15, 0.2) is 18.2 Å². The monoisotopic (exact) mass is 422 g/mol. The molecule has 6 nitrogen and oxygen atoms in total. The lowest BCUT2D eigenvalue weighted by Crippen LogP contribution is -2.50. The average molecular weight is 423 g/mol. The second-order valence-corrected chi connectivity index (χ2v) is 8.44. The second-order valence-electron chi connectivity index (χ2n) is 7.23. The third-order valence-corrected chi connectivity index (χ3v) is 6.50. The Kier molecular flexibility index (Phi) is 9.64. The van der Waals surface area contributed by atoms with Gasteiger partial charge in [0.15, 0.2) is 11.5 Å². The molecule has 1 fully saturated rings. The topological polar surface area (TPSA) is 67.9 Å². The van der Waals surface area contributed by atoms with Crippen molar-refractivity contribution in [1.29, 1.82) is 0 Å². The van der Waals surface area contributed by atoms with Gasteiger partial charge in [-0.3, -0.25) is 9.59 Å². The van der Waals surface area contributed by atoms with Crippen molar-refractivity contribution in [3.63, 3.8) is 0 Å². The summed E-state index contributed by atoms with van der Waals surface area (Å²) in [6.07, 6.45) is 6.16. The van der Waals surface area contributed by atoms with Crippen molar-refractivity contribution in [2.24, 2.45) is 0 Å². The molecular weight excluding hydrogens is 388 g/mol. The van der Waals surface area contributed by atoms with Crippen LogP contribution in [0.4, 0.5) is 0 Å². The number of thioether (sulfide) groups is 1. The lowest BCUT2D eigenvalue weighted by Gasteiger charge is -2.29. The van der Waals surface area contributed by atoms with Crippen LogP contribution < -0.4 is 14.8 Å². The Labute approximate surface area is 178 Å². The molecule has 162 valence electrons. The Morgan fingerprint density at radius 1 is 1.10 bits per heavy atom. The summed E-state index contributed by atoms with van der Waals surface area (Å²) in [5.74, 6) is 1.53. The molecule has 7 heteroatoms. The van der Waals surface area contributed by atoms with Crippen molar-refractivity contribution in [2.75, 3.05) is 26.5 Å². The number of amides is 2. The van der Waals surface area contributed by atoms with Crippen molar-refractivity contribution in [1.82, 2.24) is 10.2 Å². The molecule has 0 aliphatic carbocycles. The fourth-order valence-corrected chi connectivity index (χ4v) is 4.91. The second kappa shape index (κ2) is 12.0. The molecule has 0 radical (unpaired) electrons. The van der Waals surface area contributed by atoms with E-state index in [2.05, 4.69) is 19.2 Å². The van der Waals surface area contributed by atoms with Gasteiger partial charge in [-0.1, -0.05) is 39.5 Å². The normalized spacial score (nSPS) is 18.6. The molecule has 0 saturated carbocycles. The zero-order valence-electron chi connectivity index (χ0n) is 18.0. The molecule has 2 rings (SSSR count). The van der Waals surface area contributed by atoms with Gasteiger partial charge in [0.2, 0.25) is 5.91 Å². The van der Waals surface area contributed by atoms with E-state index in [-0.39, 0.29) is 17.2 Å². The van der Waals surface area contributed by atoms with Crippen LogP contribution in [0.3, 0.4) is 0 Å². The number of benzene rings is 1. The van der Waals surface area contributed by atoms with Gasteiger partial charge < -0.3 is 19.7 Å². The third kappa shape index (κ3) is 6.04. The first-order valence-corrected chi connectivity index (χ1v) is 11.6. The molecule has 1 aliphatic rings. The van der Waals surface area contributed by atoms with Crippen LogP contribution in [0.25, 0.3) is 0 Å². The molecule has 29 heavy (non-hydrogen) atoms. The highest BCUT2D eigenvalue weighted by Gasteiger charge is 2.41. The molecule has 1 heterocycles. The Hall–Kier alpha value is -1.89. The fourth-order valence-electron chi connectivity index (χ4n) is 3.45. The van der Waals surface area contributed by atoms with E-state index in [1.54, 1.807) is 49.1 Å². The van der Waals surface area contributed by atoms with Crippen LogP contribution in [-0.2, 0) is 4.79 Å². The fraction of sp³-hybridized carbons (Fsp3) is 0.636. The van der Waals surface area contributed by atoms with Crippen molar-refractivity contribution >= 4 is 23.6 Å². The first-order chi connectivity index (χ1) is 14.1. The number of nitrogens with one attached hydrogen (secondary N) is 1. The van der Waals surface area contributed by atoms with Crippen molar-refractivity contribution in [3.05, 3.63) is 23.8 Å². The molecule has 2 unspecified atom stereocenters. The first kappa shape index (κ1) is 23.4. The smallest absolute Gasteiger partial charge is 0.255 e. The molecule has 0 aromatic heterocycles. The van der Waals surface area contributed by atoms with Crippen LogP contribution >= 0.6 is 11.8 Å². The van der Waals surface area contributed by atoms with E-state index in [0.717, 1.165) is 38.5 Å². The molecule has 1 aromatic rings. The van der Waals surface area contributed by atoms with Gasteiger partial charge in [0.05, 0.1) is 19.6 Å². The van der Waals surface area contributed by atoms with Crippen LogP contribution in [0.2, 0.25) is 0 Å². The van der Waals surface area contributed by atoms with Gasteiger partial charge in [0, 0.05) is 17.9 Å². The molecule has 2 atom stereocenters. The predicted octanol–water partition coefficient (Wildman–Crippen LogP) is 4.08. The molecule has 0 spiro atoms. The van der Waals surface area contributed by atoms with E-state index in [9.17, 15) is 9.59 Å². The van der Waals surface area contributed by atoms with Gasteiger partial charge in [-0.05, 0) is 31.0 Å². The lowest BCUT2D eigenvalue weighted by molar-refractivity contribution is -0.124. The SMILES string of the molecule is CCCCCC1SCC(C(=O)NCCCC)N1C(=O)c1ccc(OC)c(OC)c1. The summed E-state index contributed by atoms with van der Waals surface area (Å²) in [7, 11) is 3.12. The summed E-state index contributed by atoms with van der Waals surface area (Å²) in [5, 5.41) is 3.02. The van der Waals surface area contributed by atoms with Gasteiger partial charge in [-0.15, -0.1) is 11.8 Å². The minimum atomic E-state index is -0.441. The number of methoxy groups -OCH3 is 2. The van der Waals surface area contributed by atoms with E-state index in [1.165, 1.54) is 0 Å². The molecule has 2 amide bonds. The molecule has 1 aromatic carbocycles. The molecule has 1 N–H and O–H groups in total. The van der Waals surface area contributed by atoms with Crippen molar-refractivity contribution in [2.45, 2.75) is 63.8 Å². The number of rotatable bonds is 11. The van der Waals surface area contributed by atoms with Gasteiger partial charge >= 0.3 is 0 Å². The zero-order chi connectivity index (χ0) is 21.2. The van der Waals surface area contributed by atoms with Gasteiger partial charge in [-0.25, -0.2) is 0 Å². The number of carbonyl (C=O) groups excluding carboxylic acids is 2. The lowest BCUT2D eigenvalue weighted by atomic mass is 10.1. The number of carbonyl (C=O) groups is 2. The highest BCUT2D eigenvalue weighted by Crippen LogP contribution is 2.35. The largest absolute Gasteiger partial charge is 0.493 e. The summed E-state index contributed by atoms with van der Waals surface area (Å²) in [6, 6.07) is 4.72. The maximum atomic E-state index is 13.4. The highest BCUT2D eigenvalue weighted by molar-refractivity contribution is 8.00. The Morgan fingerprint density at radius 2 is 1.83 bits per heavy atom. The quantitative estimate of drug-likeness (QED) is 0.544. The number of ether oxygens (including phenoxy) is 2. The van der Waals surface area contributed by atoms with Crippen molar-refractivity contribution < 1.29 is 19.1 Å². The van der Waals surface area contributed by atoms with Gasteiger partial charge in [0.1, 0.15) is 6.04 Å². The summed E-state index contributed by atoms with van der Waals surface area (Å²) < 4.78 is 10.6. The molecule has 1 saturated heterocycles. The van der Waals surface area contributed by atoms with Crippen LogP contribution in [0.5, 0.6) is 11.5 Å². The van der Waals surface area contributed by atoms with E-state index >= 15 is 0 Å². The minimum Gasteiger partial charge on any atom is -0.493 e. The average Bonchev–Trinajstić information content (AvgIpc) is 3.16. The van der Waals surface area contributed by atoms with Crippen LogP contribution in [0.1, 0.15) is 62.7 Å². The van der Waals surface area contributed by atoms with E-state index in [0.29, 0.717) is 29.4 Å². The number of hydrogen-bond acceptors (Lipinski definition) is 5. The standard InChI is InChI=1S/C22H34N2O4S/c1-5-7-9-10-20-24(17(15-29-20)21(25)23-13-8-6-2)22(26)16-11-12-18(27-3)19(14-16)28-4/h11-12,14,17,20H,5-10,13,15H2,1-4H3,(H,23,25). The molecule has 0 bridgehead atoms. The maximum absolute atomic E-state index is 13.4. The van der Waals surface area contributed by atoms with Gasteiger partial charge in [-0.2, -0.15) is 0 Å². The Balaban J connectivity index is 2.24. The van der Waals surface area contributed by atoms with E-state index in [1.807, 2.05) is 0 Å². The third-order valence-electron chi connectivity index (χ3n) is 5.14. The number of nitrogens with zero attached hydrogens (tertiary/aromatic N) is 1. The summed E-state index contributed by atoms with van der Waals surface area (Å²) in [4.78, 5) is 28.0. The highest BCUT2D eigenvalue weighted by atomic mass is 32.2. The maximum Gasteiger partial charge on any atom is 0.255 e. The minimum absolute atomic E-state index is 0.0177. The predicted molar refractivity (Wildman–Crippen MR) is 118 cm³/mol. The summed E-state index contributed by atoms with van der Waals surface area (Å²) in [5.41, 5.74) is 0.511. The Morgan fingerprint density at radius 3 is 2.48 bits per heavy atom. The van der Waals surface area contributed by atoms with E-state index in [4.69, 9.17) is 9.47 Å². The Bertz CT molecular complexity index is 683. The van der Waals surface area contributed by atoms with Crippen LogP contribution in [-0.4, -0.2) is 54.6 Å². The van der Waals surface area contributed by atoms with E-state index < -0.39 is 6.04 Å². The molecule has 1 aliphatic heterocycles. The summed E-state index contributed by atoms with van der Waals surface area (Å²) in [6.45, 7) is 4.90. The molecular formula is C22H34N2O4S. The van der Waals surface area contributed by atoms with Crippen LogP contribution in [0, 0.1) is 0 Å². The number of unbranched alkanes of at least 4 members (excludes halogenated alkanes) is 3. The van der Waals surface area contributed by atoms with Gasteiger partial charge in [0.25, 0.3) is 5.91 Å². The zero-order valence-corrected chi connectivity index (χ0v) is 18.8.